The molecule has 0 bridgehead atoms. The molecule has 13 heteroatoms. The van der Waals surface area contributed by atoms with Gasteiger partial charge >= 0.3 is 0 Å². The third-order valence-corrected chi connectivity index (χ3v) is 7.40. The van der Waals surface area contributed by atoms with Crippen LogP contribution in [0, 0.1) is 5.92 Å². The molecule has 0 unspecified atom stereocenters. The monoisotopic (exact) mass is 574 g/mol. The Bertz CT molecular complexity index is 1300. The van der Waals surface area contributed by atoms with Crippen molar-refractivity contribution in [3.05, 3.63) is 36.2 Å². The van der Waals surface area contributed by atoms with Gasteiger partial charge in [-0.25, -0.2) is 13.8 Å². The summed E-state index contributed by atoms with van der Waals surface area (Å²) in [7, 11) is 3.17. The highest BCUT2D eigenvalue weighted by atomic mass is 19.3. The lowest BCUT2D eigenvalue weighted by atomic mass is 9.86. The van der Waals surface area contributed by atoms with Crippen LogP contribution in [0.4, 0.5) is 14.7 Å². The molecule has 0 spiro atoms. The number of anilines is 1. The fourth-order valence-corrected chi connectivity index (χ4v) is 5.38. The van der Waals surface area contributed by atoms with E-state index in [1.165, 1.54) is 4.57 Å². The van der Waals surface area contributed by atoms with Crippen LogP contribution in [0.2, 0.25) is 0 Å². The molecule has 3 heterocycles. The van der Waals surface area contributed by atoms with Gasteiger partial charge in [-0.3, -0.25) is 9.36 Å². The molecule has 2 aromatic heterocycles. The SMILES string of the molecule is COCC(COC)NC(=O)[C@H]1CC[C@H](Oc2cc(-n3c(C(F)F)nc4ccccc43)nc(N3CCOCC3)n2)CC1. The Kier molecular flexibility index (Phi) is 9.57. The zero-order valence-electron chi connectivity index (χ0n) is 23.3. The Balaban J connectivity index is 1.36. The molecule has 0 atom stereocenters. The van der Waals surface area contributed by atoms with Crippen LogP contribution in [-0.4, -0.2) is 91.3 Å². The summed E-state index contributed by atoms with van der Waals surface area (Å²) in [5.74, 6) is 0.387. The largest absolute Gasteiger partial charge is 0.474 e. The minimum Gasteiger partial charge on any atom is -0.474 e. The predicted molar refractivity (Wildman–Crippen MR) is 147 cm³/mol. The lowest BCUT2D eigenvalue weighted by molar-refractivity contribution is -0.128. The normalized spacial score (nSPS) is 19.7. The molecule has 222 valence electrons. The highest BCUT2D eigenvalue weighted by Gasteiger charge is 2.30. The lowest BCUT2D eigenvalue weighted by Crippen LogP contribution is -2.45. The highest BCUT2D eigenvalue weighted by molar-refractivity contribution is 5.79. The second-order valence-electron chi connectivity index (χ2n) is 10.3. The van der Waals surface area contributed by atoms with Crippen molar-refractivity contribution >= 4 is 22.9 Å². The van der Waals surface area contributed by atoms with E-state index in [1.54, 1.807) is 44.6 Å². The van der Waals surface area contributed by atoms with Crippen LogP contribution < -0.4 is 15.0 Å². The molecular weight excluding hydrogens is 538 g/mol. The van der Waals surface area contributed by atoms with E-state index in [9.17, 15) is 13.6 Å². The number of amides is 1. The molecule has 5 rings (SSSR count). The van der Waals surface area contributed by atoms with E-state index >= 15 is 0 Å². The number of methoxy groups -OCH3 is 2. The Hall–Kier alpha value is -3.42. The molecular formula is C28H36F2N6O5. The number of fused-ring (bicyclic) bond motifs is 1. The van der Waals surface area contributed by atoms with Gasteiger partial charge in [-0.2, -0.15) is 9.97 Å². The van der Waals surface area contributed by atoms with Gasteiger partial charge in [0.15, 0.2) is 5.82 Å². The number of carbonyl (C=O) groups is 1. The van der Waals surface area contributed by atoms with Crippen LogP contribution in [0.15, 0.2) is 30.3 Å². The first-order chi connectivity index (χ1) is 20.0. The summed E-state index contributed by atoms with van der Waals surface area (Å²) in [6, 6.07) is 8.35. The minimum atomic E-state index is -2.80. The molecule has 1 aliphatic heterocycles. The number of alkyl halides is 2. The molecule has 1 saturated carbocycles. The maximum Gasteiger partial charge on any atom is 0.296 e. The Morgan fingerprint density at radius 1 is 1.05 bits per heavy atom. The quantitative estimate of drug-likeness (QED) is 0.369. The number of rotatable bonds is 11. The third-order valence-electron chi connectivity index (χ3n) is 7.40. The minimum absolute atomic E-state index is 0.0204. The van der Waals surface area contributed by atoms with E-state index in [0.717, 1.165) is 0 Å². The van der Waals surface area contributed by atoms with Gasteiger partial charge in [-0.05, 0) is 37.8 Å². The summed E-state index contributed by atoms with van der Waals surface area (Å²) >= 11 is 0. The number of halogens is 2. The predicted octanol–water partition coefficient (Wildman–Crippen LogP) is 3.30. The standard InChI is InChI=1S/C28H36F2N6O5/c1-38-16-19(17-39-2)31-27(37)18-7-9-20(10-8-18)41-24-15-23(33-28(34-24)35-11-13-40-14-12-35)36-22-6-4-3-5-21(22)32-26(36)25(29)30/h3-6,15,18-20,25H,7-14,16-17H2,1-2H3,(H,31,37)/t18-,20-. The molecule has 2 aliphatic rings. The number of benzene rings is 1. The number of imidazole rings is 1. The zero-order valence-corrected chi connectivity index (χ0v) is 23.3. The molecule has 0 radical (unpaired) electrons. The van der Waals surface area contributed by atoms with Crippen molar-refractivity contribution in [2.75, 3.05) is 58.6 Å². The van der Waals surface area contributed by atoms with E-state index in [-0.39, 0.29) is 29.8 Å². The van der Waals surface area contributed by atoms with Crippen LogP contribution in [0.25, 0.3) is 16.9 Å². The topological polar surface area (TPSA) is 113 Å². The highest BCUT2D eigenvalue weighted by Crippen LogP contribution is 2.32. The van der Waals surface area contributed by atoms with E-state index < -0.39 is 12.2 Å². The van der Waals surface area contributed by atoms with Crippen molar-refractivity contribution in [3.63, 3.8) is 0 Å². The van der Waals surface area contributed by atoms with Crippen LogP contribution in [0.1, 0.15) is 37.9 Å². The second kappa shape index (κ2) is 13.5. The first-order valence-corrected chi connectivity index (χ1v) is 13.9. The van der Waals surface area contributed by atoms with E-state index in [1.807, 2.05) is 4.90 Å². The number of nitrogens with one attached hydrogen (secondary N) is 1. The van der Waals surface area contributed by atoms with Crippen molar-refractivity contribution in [2.24, 2.45) is 5.92 Å². The first-order valence-electron chi connectivity index (χ1n) is 13.9. The Morgan fingerprint density at radius 3 is 2.44 bits per heavy atom. The molecule has 1 aromatic carbocycles. The van der Waals surface area contributed by atoms with Gasteiger partial charge in [0.05, 0.1) is 43.5 Å². The summed E-state index contributed by atoms with van der Waals surface area (Å²) in [4.78, 5) is 28.3. The fraction of sp³-hybridized carbons (Fsp3) is 0.571. The summed E-state index contributed by atoms with van der Waals surface area (Å²) in [5.41, 5.74) is 0.971. The van der Waals surface area contributed by atoms with Crippen molar-refractivity contribution in [2.45, 2.75) is 44.3 Å². The van der Waals surface area contributed by atoms with Crippen LogP contribution in [0.3, 0.4) is 0 Å². The summed E-state index contributed by atoms with van der Waals surface area (Å²) < 4.78 is 51.8. The van der Waals surface area contributed by atoms with Gasteiger partial charge in [0.25, 0.3) is 6.43 Å². The number of carbonyl (C=O) groups excluding carboxylic acids is 1. The molecule has 1 aliphatic carbocycles. The van der Waals surface area contributed by atoms with Gasteiger partial charge in [0.1, 0.15) is 11.9 Å². The van der Waals surface area contributed by atoms with Crippen LogP contribution in [-0.2, 0) is 19.0 Å². The molecule has 1 amide bonds. The number of ether oxygens (including phenoxy) is 4. The number of para-hydroxylation sites is 2. The maximum absolute atomic E-state index is 14.1. The first kappa shape index (κ1) is 29.1. The smallest absolute Gasteiger partial charge is 0.296 e. The number of morpholine rings is 1. The average Bonchev–Trinajstić information content (AvgIpc) is 3.38. The molecule has 11 nitrogen and oxygen atoms in total. The molecule has 1 N–H and O–H groups in total. The molecule has 2 fully saturated rings. The number of hydrogen-bond acceptors (Lipinski definition) is 9. The zero-order chi connectivity index (χ0) is 28.8. The van der Waals surface area contributed by atoms with E-state index in [2.05, 4.69) is 20.3 Å². The van der Waals surface area contributed by atoms with Crippen molar-refractivity contribution < 1.29 is 32.5 Å². The summed E-state index contributed by atoms with van der Waals surface area (Å²) in [6.07, 6.45) is -0.373. The average molecular weight is 575 g/mol. The van der Waals surface area contributed by atoms with Gasteiger partial charge in [-0.1, -0.05) is 12.1 Å². The summed E-state index contributed by atoms with van der Waals surface area (Å²) in [6.45, 7) is 2.92. The van der Waals surface area contributed by atoms with Crippen molar-refractivity contribution in [3.8, 4) is 11.7 Å². The van der Waals surface area contributed by atoms with Crippen molar-refractivity contribution in [1.82, 2.24) is 24.8 Å². The molecule has 1 saturated heterocycles. The number of nitrogens with zero attached hydrogens (tertiary/aromatic N) is 5. The van der Waals surface area contributed by atoms with Gasteiger partial charge in [-0.15, -0.1) is 0 Å². The van der Waals surface area contributed by atoms with E-state index in [0.29, 0.717) is 88.1 Å². The Morgan fingerprint density at radius 2 is 1.76 bits per heavy atom. The number of hydrogen-bond donors (Lipinski definition) is 1. The maximum atomic E-state index is 14.1. The second-order valence-corrected chi connectivity index (χ2v) is 10.3. The van der Waals surface area contributed by atoms with Gasteiger partial charge < -0.3 is 29.2 Å². The van der Waals surface area contributed by atoms with Crippen molar-refractivity contribution in [1.29, 1.82) is 0 Å². The molecule has 41 heavy (non-hydrogen) atoms. The van der Waals surface area contributed by atoms with Crippen LogP contribution >= 0.6 is 0 Å². The number of aromatic nitrogens is 4. The third kappa shape index (κ3) is 6.91. The Labute approximate surface area is 237 Å². The van der Waals surface area contributed by atoms with Gasteiger partial charge in [0, 0.05) is 39.3 Å². The lowest BCUT2D eigenvalue weighted by Gasteiger charge is -2.30. The van der Waals surface area contributed by atoms with Gasteiger partial charge in [0.2, 0.25) is 17.7 Å². The fourth-order valence-electron chi connectivity index (χ4n) is 5.38. The summed E-state index contributed by atoms with van der Waals surface area (Å²) in [5, 5.41) is 3.01. The van der Waals surface area contributed by atoms with Crippen LogP contribution in [0.5, 0.6) is 5.88 Å². The van der Waals surface area contributed by atoms with E-state index in [4.69, 9.17) is 18.9 Å². The molecule has 3 aromatic rings.